The molecule has 2 rings (SSSR count). The molecule has 0 aromatic heterocycles. The standard InChI is InChI=1S/C13H11NO4S2/c1-18-9-4-2-8(3-5-9)6-10-12(17)14(7-11(15)16)13(19)20-10/h2-6H,7H2,1H3,(H,15,16)/b10-6+. The minimum absolute atomic E-state index is 0.261. The topological polar surface area (TPSA) is 66.8 Å². The first kappa shape index (κ1) is 14.5. The summed E-state index contributed by atoms with van der Waals surface area (Å²) in [7, 11) is 1.58. The molecule has 0 atom stereocenters. The number of methoxy groups -OCH3 is 1. The van der Waals surface area contributed by atoms with E-state index >= 15 is 0 Å². The fraction of sp³-hybridized carbons (Fsp3) is 0.154. The number of hydrogen-bond donors (Lipinski definition) is 1. The molecule has 0 unspecified atom stereocenters. The van der Waals surface area contributed by atoms with Crippen LogP contribution in [0.25, 0.3) is 6.08 Å². The Bertz CT molecular complexity index is 595. The van der Waals surface area contributed by atoms with E-state index in [0.29, 0.717) is 4.91 Å². The third kappa shape index (κ3) is 3.17. The first-order chi connectivity index (χ1) is 9.51. The van der Waals surface area contributed by atoms with Crippen molar-refractivity contribution in [2.45, 2.75) is 0 Å². The quantitative estimate of drug-likeness (QED) is 0.677. The van der Waals surface area contributed by atoms with Crippen LogP contribution in [0.3, 0.4) is 0 Å². The molecule has 1 aliphatic rings. The third-order valence-corrected chi connectivity index (χ3v) is 3.96. The fourth-order valence-electron chi connectivity index (χ4n) is 1.62. The van der Waals surface area contributed by atoms with Crippen molar-refractivity contribution in [3.8, 4) is 5.75 Å². The second kappa shape index (κ2) is 6.06. The van der Waals surface area contributed by atoms with E-state index < -0.39 is 12.5 Å². The van der Waals surface area contributed by atoms with Crippen molar-refractivity contribution in [1.82, 2.24) is 4.90 Å². The molecule has 0 saturated carbocycles. The third-order valence-electron chi connectivity index (χ3n) is 2.58. The number of carboxylic acid groups (broad SMARTS) is 1. The number of carboxylic acids is 1. The van der Waals surface area contributed by atoms with Gasteiger partial charge in [-0.1, -0.05) is 36.1 Å². The number of benzene rings is 1. The molecule has 0 radical (unpaired) electrons. The molecule has 1 N–H and O–H groups in total. The average Bonchev–Trinajstić information content (AvgIpc) is 2.67. The number of thioether (sulfide) groups is 1. The van der Waals surface area contributed by atoms with Gasteiger partial charge in [0.15, 0.2) is 0 Å². The summed E-state index contributed by atoms with van der Waals surface area (Å²) in [4.78, 5) is 24.2. The Labute approximate surface area is 125 Å². The lowest BCUT2D eigenvalue weighted by Crippen LogP contribution is -2.33. The molecular weight excluding hydrogens is 298 g/mol. The second-order valence-corrected chi connectivity index (χ2v) is 5.61. The summed E-state index contributed by atoms with van der Waals surface area (Å²) >= 11 is 6.12. The number of carbonyl (C=O) groups excluding carboxylic acids is 1. The predicted molar refractivity (Wildman–Crippen MR) is 80.5 cm³/mol. The van der Waals surface area contributed by atoms with Gasteiger partial charge in [0.25, 0.3) is 5.91 Å². The Kier molecular flexibility index (Phi) is 4.41. The molecule has 7 heteroatoms. The Balaban J connectivity index is 2.20. The summed E-state index contributed by atoms with van der Waals surface area (Å²) in [5, 5.41) is 8.75. The molecule has 0 aliphatic carbocycles. The Hall–Kier alpha value is -1.86. The minimum Gasteiger partial charge on any atom is -0.497 e. The summed E-state index contributed by atoms with van der Waals surface area (Å²) in [5.41, 5.74) is 0.821. The van der Waals surface area contributed by atoms with Crippen LogP contribution >= 0.6 is 24.0 Å². The van der Waals surface area contributed by atoms with Crippen molar-refractivity contribution in [3.63, 3.8) is 0 Å². The zero-order valence-electron chi connectivity index (χ0n) is 10.5. The van der Waals surface area contributed by atoms with Gasteiger partial charge in [-0.2, -0.15) is 0 Å². The number of ether oxygens (including phenoxy) is 1. The molecule has 1 fully saturated rings. The maximum atomic E-state index is 12.0. The fourth-order valence-corrected chi connectivity index (χ4v) is 2.88. The van der Waals surface area contributed by atoms with Crippen molar-refractivity contribution < 1.29 is 19.4 Å². The highest BCUT2D eigenvalue weighted by molar-refractivity contribution is 8.26. The lowest BCUT2D eigenvalue weighted by Gasteiger charge is -2.10. The largest absolute Gasteiger partial charge is 0.497 e. The number of hydrogen-bond acceptors (Lipinski definition) is 5. The summed E-state index contributed by atoms with van der Waals surface area (Å²) in [6, 6.07) is 7.18. The van der Waals surface area contributed by atoms with E-state index in [9.17, 15) is 9.59 Å². The molecule has 5 nitrogen and oxygen atoms in total. The van der Waals surface area contributed by atoms with Gasteiger partial charge >= 0.3 is 5.97 Å². The number of thiocarbonyl (C=S) groups is 1. The molecular formula is C13H11NO4S2. The zero-order valence-corrected chi connectivity index (χ0v) is 12.2. The van der Waals surface area contributed by atoms with Crippen LogP contribution < -0.4 is 4.74 Å². The van der Waals surface area contributed by atoms with Gasteiger partial charge in [-0.15, -0.1) is 0 Å². The molecule has 1 heterocycles. The van der Waals surface area contributed by atoms with E-state index in [1.54, 1.807) is 25.3 Å². The maximum Gasteiger partial charge on any atom is 0.323 e. The van der Waals surface area contributed by atoms with Gasteiger partial charge in [-0.05, 0) is 23.8 Å². The van der Waals surface area contributed by atoms with E-state index in [1.807, 2.05) is 12.1 Å². The highest BCUT2D eigenvalue weighted by atomic mass is 32.2. The van der Waals surface area contributed by atoms with Crippen molar-refractivity contribution >= 4 is 46.3 Å². The van der Waals surface area contributed by atoms with Gasteiger partial charge in [0.1, 0.15) is 16.6 Å². The molecule has 1 aliphatic heterocycles. The van der Waals surface area contributed by atoms with E-state index in [4.69, 9.17) is 22.1 Å². The minimum atomic E-state index is -1.09. The van der Waals surface area contributed by atoms with Crippen molar-refractivity contribution in [3.05, 3.63) is 34.7 Å². The maximum absolute atomic E-state index is 12.0. The van der Waals surface area contributed by atoms with Crippen molar-refractivity contribution in [1.29, 1.82) is 0 Å². The highest BCUT2D eigenvalue weighted by Gasteiger charge is 2.33. The molecule has 1 aromatic rings. The van der Waals surface area contributed by atoms with E-state index in [0.717, 1.165) is 28.0 Å². The van der Waals surface area contributed by atoms with Crippen LogP contribution in [0.15, 0.2) is 29.2 Å². The average molecular weight is 309 g/mol. The summed E-state index contributed by atoms with van der Waals surface area (Å²) in [5.74, 6) is -0.745. The van der Waals surface area contributed by atoms with Crippen LogP contribution in [-0.2, 0) is 9.59 Å². The van der Waals surface area contributed by atoms with Gasteiger partial charge in [0.2, 0.25) is 0 Å². The zero-order chi connectivity index (χ0) is 14.7. The smallest absolute Gasteiger partial charge is 0.323 e. The summed E-state index contributed by atoms with van der Waals surface area (Å²) in [6.07, 6.45) is 1.68. The van der Waals surface area contributed by atoms with Gasteiger partial charge in [-0.3, -0.25) is 14.5 Å². The first-order valence-corrected chi connectivity index (χ1v) is 6.85. The number of nitrogens with zero attached hydrogens (tertiary/aromatic N) is 1. The molecule has 1 aromatic carbocycles. The molecule has 104 valence electrons. The van der Waals surface area contributed by atoms with Crippen LogP contribution in [0.5, 0.6) is 5.75 Å². The van der Waals surface area contributed by atoms with Gasteiger partial charge in [-0.25, -0.2) is 0 Å². The number of amides is 1. The van der Waals surface area contributed by atoms with E-state index in [-0.39, 0.29) is 10.2 Å². The first-order valence-electron chi connectivity index (χ1n) is 5.62. The van der Waals surface area contributed by atoms with E-state index in [1.165, 1.54) is 0 Å². The molecule has 20 heavy (non-hydrogen) atoms. The Morgan fingerprint density at radius 1 is 1.45 bits per heavy atom. The monoisotopic (exact) mass is 309 g/mol. The van der Waals surface area contributed by atoms with Crippen molar-refractivity contribution in [2.75, 3.05) is 13.7 Å². The van der Waals surface area contributed by atoms with Crippen LogP contribution in [0, 0.1) is 0 Å². The van der Waals surface area contributed by atoms with Gasteiger partial charge in [0, 0.05) is 0 Å². The number of rotatable bonds is 4. The molecule has 0 bridgehead atoms. The van der Waals surface area contributed by atoms with Crippen LogP contribution in [0.1, 0.15) is 5.56 Å². The molecule has 1 saturated heterocycles. The van der Waals surface area contributed by atoms with Crippen LogP contribution in [0.4, 0.5) is 0 Å². The van der Waals surface area contributed by atoms with Crippen LogP contribution in [0.2, 0.25) is 0 Å². The highest BCUT2D eigenvalue weighted by Crippen LogP contribution is 2.32. The summed E-state index contributed by atoms with van der Waals surface area (Å²) < 4.78 is 5.31. The lowest BCUT2D eigenvalue weighted by atomic mass is 10.2. The summed E-state index contributed by atoms with van der Waals surface area (Å²) in [6.45, 7) is -0.412. The molecule has 0 spiro atoms. The second-order valence-electron chi connectivity index (χ2n) is 3.93. The number of carbonyl (C=O) groups is 2. The van der Waals surface area contributed by atoms with Crippen molar-refractivity contribution in [2.24, 2.45) is 0 Å². The number of aliphatic carboxylic acids is 1. The normalized spacial score (nSPS) is 16.9. The van der Waals surface area contributed by atoms with Gasteiger partial charge < -0.3 is 9.84 Å². The van der Waals surface area contributed by atoms with E-state index in [2.05, 4.69) is 0 Å². The Morgan fingerprint density at radius 2 is 2.10 bits per heavy atom. The molecule has 1 amide bonds. The Morgan fingerprint density at radius 3 is 2.65 bits per heavy atom. The lowest BCUT2D eigenvalue weighted by molar-refractivity contribution is -0.140. The predicted octanol–water partition coefficient (Wildman–Crippen LogP) is 1.98. The SMILES string of the molecule is COc1ccc(/C=C2/SC(=S)N(CC(=O)O)C2=O)cc1. The van der Waals surface area contributed by atoms with Gasteiger partial charge in [0.05, 0.1) is 12.0 Å². The van der Waals surface area contributed by atoms with Crippen LogP contribution in [-0.4, -0.2) is 39.9 Å².